The lowest BCUT2D eigenvalue weighted by Gasteiger charge is -2.33. The van der Waals surface area contributed by atoms with Crippen LogP contribution in [0.5, 0.6) is 5.75 Å². The number of aryl methyl sites for hydroxylation is 1. The van der Waals surface area contributed by atoms with E-state index in [1.54, 1.807) is 22.5 Å². The van der Waals surface area contributed by atoms with E-state index in [0.29, 0.717) is 23.9 Å². The van der Waals surface area contributed by atoms with E-state index in [4.69, 9.17) is 10.5 Å². The first-order valence-corrected chi connectivity index (χ1v) is 9.69. The average molecular weight is 340 g/mol. The summed E-state index contributed by atoms with van der Waals surface area (Å²) in [6.45, 7) is 8.85. The molecule has 6 heteroatoms. The predicted molar refractivity (Wildman–Crippen MR) is 92.1 cm³/mol. The standard InChI is InChI=1S/C17H28N2O3S/c1-12(2)22-17-6-5-16(11-13(17)3)23(20,21)19-9-7-15(8-10-19)14(4)18/h5-6,11-12,14-15H,7-10,18H2,1-4H3. The van der Waals surface area contributed by atoms with Crippen LogP contribution >= 0.6 is 0 Å². The van der Waals surface area contributed by atoms with Crippen LogP contribution in [0.15, 0.2) is 23.1 Å². The maximum atomic E-state index is 12.8. The number of sulfonamides is 1. The Balaban J connectivity index is 2.16. The molecule has 1 aliphatic rings. The molecule has 0 bridgehead atoms. The Kier molecular flexibility index (Phi) is 5.70. The van der Waals surface area contributed by atoms with Crippen molar-refractivity contribution in [1.29, 1.82) is 0 Å². The minimum absolute atomic E-state index is 0.0634. The lowest BCUT2D eigenvalue weighted by molar-refractivity contribution is 0.240. The van der Waals surface area contributed by atoms with Gasteiger partial charge in [0.25, 0.3) is 0 Å². The molecule has 130 valence electrons. The number of hydrogen-bond donors (Lipinski definition) is 1. The average Bonchev–Trinajstić information content (AvgIpc) is 2.49. The highest BCUT2D eigenvalue weighted by Gasteiger charge is 2.30. The van der Waals surface area contributed by atoms with Crippen molar-refractivity contribution in [3.8, 4) is 5.75 Å². The van der Waals surface area contributed by atoms with E-state index >= 15 is 0 Å². The summed E-state index contributed by atoms with van der Waals surface area (Å²) in [5.74, 6) is 1.14. The molecule has 1 unspecified atom stereocenters. The minimum Gasteiger partial charge on any atom is -0.491 e. The molecule has 0 aromatic heterocycles. The quantitative estimate of drug-likeness (QED) is 0.894. The Morgan fingerprint density at radius 3 is 2.30 bits per heavy atom. The molecule has 5 nitrogen and oxygen atoms in total. The zero-order valence-electron chi connectivity index (χ0n) is 14.5. The Morgan fingerprint density at radius 2 is 1.83 bits per heavy atom. The summed E-state index contributed by atoms with van der Waals surface area (Å²) in [6, 6.07) is 5.20. The van der Waals surface area contributed by atoms with Gasteiger partial charge in [0.2, 0.25) is 10.0 Å². The molecule has 1 heterocycles. The fourth-order valence-electron chi connectivity index (χ4n) is 2.96. The van der Waals surface area contributed by atoms with Crippen LogP contribution in [-0.4, -0.2) is 38.0 Å². The molecule has 1 fully saturated rings. The Hall–Kier alpha value is -1.11. The van der Waals surface area contributed by atoms with Crippen molar-refractivity contribution >= 4 is 10.0 Å². The lowest BCUT2D eigenvalue weighted by Crippen LogP contribution is -2.42. The van der Waals surface area contributed by atoms with E-state index in [9.17, 15) is 8.42 Å². The monoisotopic (exact) mass is 340 g/mol. The highest BCUT2D eigenvalue weighted by molar-refractivity contribution is 7.89. The molecular formula is C17H28N2O3S. The SMILES string of the molecule is Cc1cc(S(=O)(=O)N2CCC(C(C)N)CC2)ccc1OC(C)C. The topological polar surface area (TPSA) is 72.6 Å². The van der Waals surface area contributed by atoms with Gasteiger partial charge in [-0.1, -0.05) is 0 Å². The molecule has 2 N–H and O–H groups in total. The zero-order valence-corrected chi connectivity index (χ0v) is 15.3. The number of benzene rings is 1. The van der Waals surface area contributed by atoms with Crippen molar-refractivity contribution < 1.29 is 13.2 Å². The highest BCUT2D eigenvalue weighted by atomic mass is 32.2. The number of ether oxygens (including phenoxy) is 1. The molecule has 1 saturated heterocycles. The fraction of sp³-hybridized carbons (Fsp3) is 0.647. The number of nitrogens with zero attached hydrogens (tertiary/aromatic N) is 1. The van der Waals surface area contributed by atoms with Gasteiger partial charge in [0.05, 0.1) is 11.0 Å². The van der Waals surface area contributed by atoms with Gasteiger partial charge in [-0.2, -0.15) is 4.31 Å². The second kappa shape index (κ2) is 7.20. The normalized spacial score (nSPS) is 19.0. The molecule has 0 aliphatic carbocycles. The van der Waals surface area contributed by atoms with Gasteiger partial charge in [-0.3, -0.25) is 0 Å². The molecule has 2 rings (SSSR count). The van der Waals surface area contributed by atoms with Gasteiger partial charge in [0.1, 0.15) is 5.75 Å². The summed E-state index contributed by atoms with van der Waals surface area (Å²) in [5, 5.41) is 0. The third-order valence-corrected chi connectivity index (χ3v) is 6.28. The summed E-state index contributed by atoms with van der Waals surface area (Å²) < 4.78 is 32.9. The van der Waals surface area contributed by atoms with E-state index < -0.39 is 10.0 Å². The first kappa shape index (κ1) is 18.2. The van der Waals surface area contributed by atoms with E-state index in [1.807, 2.05) is 27.7 Å². The van der Waals surface area contributed by atoms with Gasteiger partial charge in [-0.05, 0) is 70.2 Å². The van der Waals surface area contributed by atoms with E-state index in [-0.39, 0.29) is 12.1 Å². The van der Waals surface area contributed by atoms with Gasteiger partial charge in [-0.15, -0.1) is 0 Å². The molecule has 1 atom stereocenters. The maximum absolute atomic E-state index is 12.8. The van der Waals surface area contributed by atoms with E-state index in [0.717, 1.165) is 24.2 Å². The van der Waals surface area contributed by atoms with Crippen molar-refractivity contribution in [3.05, 3.63) is 23.8 Å². The highest BCUT2D eigenvalue weighted by Crippen LogP contribution is 2.28. The van der Waals surface area contributed by atoms with Crippen molar-refractivity contribution in [1.82, 2.24) is 4.31 Å². The molecule has 23 heavy (non-hydrogen) atoms. The third kappa shape index (κ3) is 4.25. The number of rotatable bonds is 5. The summed E-state index contributed by atoms with van der Waals surface area (Å²) in [7, 11) is -3.44. The van der Waals surface area contributed by atoms with Gasteiger partial charge in [0, 0.05) is 19.1 Å². The number of nitrogens with two attached hydrogens (primary N) is 1. The molecule has 0 spiro atoms. The van der Waals surface area contributed by atoms with Gasteiger partial charge >= 0.3 is 0 Å². The second-order valence-corrected chi connectivity index (χ2v) is 8.63. The molecule has 0 radical (unpaired) electrons. The van der Waals surface area contributed by atoms with E-state index in [2.05, 4.69) is 0 Å². The van der Waals surface area contributed by atoms with Crippen molar-refractivity contribution in [3.63, 3.8) is 0 Å². The first-order chi connectivity index (χ1) is 10.7. The molecular weight excluding hydrogens is 312 g/mol. The van der Waals surface area contributed by atoms with Crippen LogP contribution in [0.2, 0.25) is 0 Å². The van der Waals surface area contributed by atoms with Gasteiger partial charge < -0.3 is 10.5 Å². The Bertz CT molecular complexity index is 633. The van der Waals surface area contributed by atoms with Crippen LogP contribution in [0.3, 0.4) is 0 Å². The number of piperidine rings is 1. The third-order valence-electron chi connectivity index (χ3n) is 4.39. The second-order valence-electron chi connectivity index (χ2n) is 6.69. The van der Waals surface area contributed by atoms with Crippen LogP contribution in [0.25, 0.3) is 0 Å². The van der Waals surface area contributed by atoms with Gasteiger partial charge in [0.15, 0.2) is 0 Å². The molecule has 1 aliphatic heterocycles. The van der Waals surface area contributed by atoms with Crippen LogP contribution in [0.4, 0.5) is 0 Å². The summed E-state index contributed by atoms with van der Waals surface area (Å²) in [5.41, 5.74) is 6.77. The van der Waals surface area contributed by atoms with Crippen LogP contribution in [0, 0.1) is 12.8 Å². The Morgan fingerprint density at radius 1 is 1.22 bits per heavy atom. The molecule has 0 saturated carbocycles. The fourth-order valence-corrected chi connectivity index (χ4v) is 4.51. The zero-order chi connectivity index (χ0) is 17.2. The van der Waals surface area contributed by atoms with Crippen LogP contribution in [0.1, 0.15) is 39.2 Å². The van der Waals surface area contributed by atoms with Crippen LogP contribution < -0.4 is 10.5 Å². The van der Waals surface area contributed by atoms with Crippen molar-refractivity contribution in [2.45, 2.75) is 57.6 Å². The first-order valence-electron chi connectivity index (χ1n) is 8.25. The van der Waals surface area contributed by atoms with Crippen LogP contribution in [-0.2, 0) is 10.0 Å². The molecule has 1 aromatic rings. The lowest BCUT2D eigenvalue weighted by atomic mass is 9.92. The molecule has 1 aromatic carbocycles. The van der Waals surface area contributed by atoms with E-state index in [1.165, 1.54) is 0 Å². The van der Waals surface area contributed by atoms with Gasteiger partial charge in [-0.25, -0.2) is 8.42 Å². The maximum Gasteiger partial charge on any atom is 0.243 e. The minimum atomic E-state index is -3.44. The van der Waals surface area contributed by atoms with Crippen molar-refractivity contribution in [2.24, 2.45) is 11.7 Å². The Labute approximate surface area is 139 Å². The van der Waals surface area contributed by atoms with Crippen molar-refractivity contribution in [2.75, 3.05) is 13.1 Å². The smallest absolute Gasteiger partial charge is 0.243 e. The predicted octanol–water partition coefficient (Wildman–Crippen LogP) is 2.53. The summed E-state index contributed by atoms with van der Waals surface area (Å²) in [6.07, 6.45) is 1.71. The summed E-state index contributed by atoms with van der Waals surface area (Å²) >= 11 is 0. The number of hydrogen-bond acceptors (Lipinski definition) is 4. The summed E-state index contributed by atoms with van der Waals surface area (Å²) in [4.78, 5) is 0.338. The molecule has 0 amide bonds. The largest absolute Gasteiger partial charge is 0.491 e.